The van der Waals surface area contributed by atoms with Gasteiger partial charge in [0, 0.05) is 6.54 Å². The molecule has 1 aromatic heterocycles. The minimum Gasteiger partial charge on any atom is -0.357 e. The van der Waals surface area contributed by atoms with Gasteiger partial charge >= 0.3 is 0 Å². The summed E-state index contributed by atoms with van der Waals surface area (Å²) < 4.78 is 0.724. The van der Waals surface area contributed by atoms with E-state index in [4.69, 9.17) is 0 Å². The van der Waals surface area contributed by atoms with Crippen LogP contribution < -0.4 is 10.6 Å². The number of nitrogens with one attached hydrogen (secondary N) is 2. The molecular formula is C13H17N5OS2. The molecule has 2 N–H and O–H groups in total. The van der Waals surface area contributed by atoms with Gasteiger partial charge in [0.25, 0.3) is 0 Å². The Bertz CT molecular complexity index is 563. The second-order valence-corrected chi connectivity index (χ2v) is 7.17. The normalized spacial score (nSPS) is 16.6. The zero-order chi connectivity index (χ0) is 15.3. The average Bonchev–Trinajstić information content (AvgIpc) is 3.24. The second-order valence-electron chi connectivity index (χ2n) is 4.97. The smallest absolute Gasteiger partial charge is 0.231 e. The van der Waals surface area contributed by atoms with Crippen LogP contribution >= 0.6 is 23.1 Å². The first-order valence-electron chi connectivity index (χ1n) is 6.60. The van der Waals surface area contributed by atoms with Crippen LogP contribution in [0.15, 0.2) is 17.0 Å². The number of nitrogens with zero attached hydrogens (tertiary/aromatic N) is 3. The number of carbonyl (C=O) groups is 1. The fourth-order valence-corrected chi connectivity index (χ4v) is 3.39. The number of aromatic nitrogens is 2. The van der Waals surface area contributed by atoms with Crippen molar-refractivity contribution in [2.24, 2.45) is 5.92 Å². The fourth-order valence-electron chi connectivity index (χ4n) is 1.83. The summed E-state index contributed by atoms with van der Waals surface area (Å²) >= 11 is 2.72. The third-order valence-corrected chi connectivity index (χ3v) is 5.17. The SMILES string of the molecule is C=CCNc1nnc(SCC(=O)N[C@](C)(C#N)C2CC2)s1. The molecule has 0 aromatic carbocycles. The molecule has 1 atom stereocenters. The third kappa shape index (κ3) is 4.44. The average molecular weight is 323 g/mol. The fraction of sp³-hybridized carbons (Fsp3) is 0.538. The van der Waals surface area contributed by atoms with E-state index >= 15 is 0 Å². The van der Waals surface area contributed by atoms with E-state index in [0.717, 1.165) is 17.2 Å². The highest BCUT2D eigenvalue weighted by Crippen LogP contribution is 2.39. The van der Waals surface area contributed by atoms with Gasteiger partial charge in [-0.25, -0.2) is 0 Å². The first-order chi connectivity index (χ1) is 10.1. The molecule has 0 radical (unpaired) electrons. The summed E-state index contributed by atoms with van der Waals surface area (Å²) in [5.41, 5.74) is -0.741. The number of hydrogen-bond acceptors (Lipinski definition) is 7. The van der Waals surface area contributed by atoms with Crippen molar-refractivity contribution in [3.8, 4) is 6.07 Å². The van der Waals surface area contributed by atoms with Gasteiger partial charge in [0.1, 0.15) is 5.54 Å². The lowest BCUT2D eigenvalue weighted by molar-refractivity contribution is -0.119. The van der Waals surface area contributed by atoms with Crippen LogP contribution in [0.25, 0.3) is 0 Å². The van der Waals surface area contributed by atoms with Gasteiger partial charge in [0.05, 0.1) is 11.8 Å². The van der Waals surface area contributed by atoms with Crippen LogP contribution in [0.3, 0.4) is 0 Å². The van der Waals surface area contributed by atoms with E-state index in [2.05, 4.69) is 33.5 Å². The molecule has 1 aliphatic carbocycles. The molecule has 0 aliphatic heterocycles. The Balaban J connectivity index is 1.79. The molecular weight excluding hydrogens is 306 g/mol. The molecule has 1 aromatic rings. The van der Waals surface area contributed by atoms with E-state index < -0.39 is 5.54 Å². The lowest BCUT2D eigenvalue weighted by Gasteiger charge is -2.22. The monoisotopic (exact) mass is 323 g/mol. The molecule has 1 aliphatic rings. The Kier molecular flexibility index (Phi) is 5.20. The van der Waals surface area contributed by atoms with Gasteiger partial charge in [0.2, 0.25) is 11.0 Å². The number of nitriles is 1. The number of thioether (sulfide) groups is 1. The van der Waals surface area contributed by atoms with Gasteiger partial charge in [-0.1, -0.05) is 29.2 Å². The molecule has 1 saturated carbocycles. The minimum atomic E-state index is -0.741. The molecule has 1 heterocycles. The zero-order valence-electron chi connectivity index (χ0n) is 11.8. The van der Waals surface area contributed by atoms with Crippen molar-refractivity contribution in [2.45, 2.75) is 29.6 Å². The predicted molar refractivity (Wildman–Crippen MR) is 84.2 cm³/mol. The highest BCUT2D eigenvalue weighted by atomic mass is 32.2. The maximum atomic E-state index is 11.9. The summed E-state index contributed by atoms with van der Waals surface area (Å²) in [6.07, 6.45) is 3.75. The number of anilines is 1. The van der Waals surface area contributed by atoms with Crippen LogP contribution in [-0.2, 0) is 4.79 Å². The van der Waals surface area contributed by atoms with Crippen LogP contribution in [-0.4, -0.2) is 33.9 Å². The Morgan fingerprint density at radius 3 is 3.05 bits per heavy atom. The number of carbonyl (C=O) groups excluding carboxylic acids is 1. The molecule has 0 spiro atoms. The lowest BCUT2D eigenvalue weighted by Crippen LogP contribution is -2.47. The highest BCUT2D eigenvalue weighted by Gasteiger charge is 2.42. The van der Waals surface area contributed by atoms with Gasteiger partial charge in [-0.15, -0.1) is 16.8 Å². The van der Waals surface area contributed by atoms with Crippen LogP contribution in [0, 0.1) is 17.2 Å². The summed E-state index contributed by atoms with van der Waals surface area (Å²) in [6.45, 7) is 6.03. The number of amides is 1. The van der Waals surface area contributed by atoms with Crippen molar-refractivity contribution in [1.82, 2.24) is 15.5 Å². The molecule has 0 unspecified atom stereocenters. The summed E-state index contributed by atoms with van der Waals surface area (Å²) in [7, 11) is 0. The van der Waals surface area contributed by atoms with Gasteiger partial charge in [-0.2, -0.15) is 5.26 Å². The van der Waals surface area contributed by atoms with Crippen molar-refractivity contribution in [1.29, 1.82) is 5.26 Å². The standard InChI is InChI=1S/C13H17N5OS2/c1-3-6-15-11-17-18-12(21-11)20-7-10(19)16-13(2,8-14)9-4-5-9/h3,9H,1,4-7H2,2H3,(H,15,17)(H,16,19)/t13-/m1/s1. The predicted octanol–water partition coefficient (Wildman–Crippen LogP) is 2.04. The third-order valence-electron chi connectivity index (χ3n) is 3.16. The van der Waals surface area contributed by atoms with E-state index in [1.165, 1.54) is 23.1 Å². The van der Waals surface area contributed by atoms with Crippen molar-refractivity contribution in [3.05, 3.63) is 12.7 Å². The summed E-state index contributed by atoms with van der Waals surface area (Å²) in [4.78, 5) is 11.9. The minimum absolute atomic E-state index is 0.147. The van der Waals surface area contributed by atoms with E-state index in [1.807, 2.05) is 0 Å². The van der Waals surface area contributed by atoms with E-state index in [0.29, 0.717) is 11.7 Å². The van der Waals surface area contributed by atoms with E-state index in [-0.39, 0.29) is 17.6 Å². The first kappa shape index (κ1) is 15.8. The van der Waals surface area contributed by atoms with Crippen molar-refractivity contribution in [3.63, 3.8) is 0 Å². The second kappa shape index (κ2) is 6.91. The van der Waals surface area contributed by atoms with Crippen LogP contribution in [0.4, 0.5) is 5.13 Å². The van der Waals surface area contributed by atoms with Crippen LogP contribution in [0.5, 0.6) is 0 Å². The molecule has 1 fully saturated rings. The topological polar surface area (TPSA) is 90.7 Å². The van der Waals surface area contributed by atoms with Gasteiger partial charge in [0.15, 0.2) is 4.34 Å². The summed E-state index contributed by atoms with van der Waals surface area (Å²) in [5.74, 6) is 0.375. The molecule has 2 rings (SSSR count). The number of hydrogen-bond donors (Lipinski definition) is 2. The van der Waals surface area contributed by atoms with Crippen LogP contribution in [0.2, 0.25) is 0 Å². The van der Waals surface area contributed by atoms with Gasteiger partial charge in [-0.05, 0) is 25.7 Å². The largest absolute Gasteiger partial charge is 0.357 e. The molecule has 0 saturated heterocycles. The molecule has 112 valence electrons. The van der Waals surface area contributed by atoms with Crippen molar-refractivity contribution < 1.29 is 4.79 Å². The van der Waals surface area contributed by atoms with E-state index in [9.17, 15) is 10.1 Å². The molecule has 8 heteroatoms. The van der Waals surface area contributed by atoms with Crippen molar-refractivity contribution >= 4 is 34.1 Å². The molecule has 0 bridgehead atoms. The maximum Gasteiger partial charge on any atom is 0.231 e. The van der Waals surface area contributed by atoms with Gasteiger partial charge in [-0.3, -0.25) is 4.79 Å². The maximum absolute atomic E-state index is 11.9. The molecule has 1 amide bonds. The quantitative estimate of drug-likeness (QED) is 0.562. The van der Waals surface area contributed by atoms with Gasteiger partial charge < -0.3 is 10.6 Å². The Morgan fingerprint density at radius 1 is 1.67 bits per heavy atom. The Morgan fingerprint density at radius 2 is 2.43 bits per heavy atom. The molecule has 6 nitrogen and oxygen atoms in total. The highest BCUT2D eigenvalue weighted by molar-refractivity contribution is 8.01. The summed E-state index contributed by atoms with van der Waals surface area (Å²) in [5, 5.41) is 23.7. The first-order valence-corrected chi connectivity index (χ1v) is 8.41. The lowest BCUT2D eigenvalue weighted by atomic mass is 9.98. The van der Waals surface area contributed by atoms with Crippen molar-refractivity contribution in [2.75, 3.05) is 17.6 Å². The number of rotatable bonds is 8. The summed E-state index contributed by atoms with van der Waals surface area (Å²) in [6, 6.07) is 2.21. The Labute approximate surface area is 132 Å². The van der Waals surface area contributed by atoms with Crippen LogP contribution in [0.1, 0.15) is 19.8 Å². The van der Waals surface area contributed by atoms with E-state index in [1.54, 1.807) is 13.0 Å². The molecule has 21 heavy (non-hydrogen) atoms. The zero-order valence-corrected chi connectivity index (χ0v) is 13.4. The Hall–Kier alpha value is -1.59.